The van der Waals surface area contributed by atoms with E-state index in [2.05, 4.69) is 19.8 Å². The van der Waals surface area contributed by atoms with Crippen LogP contribution in [0.3, 0.4) is 0 Å². The Kier molecular flexibility index (Phi) is 5.62. The maximum Gasteiger partial charge on any atom is 0.268 e. The van der Waals surface area contributed by atoms with Crippen LogP contribution in [0.25, 0.3) is 0 Å². The number of amides is 1. The quantitative estimate of drug-likeness (QED) is 0.861. The zero-order valence-electron chi connectivity index (χ0n) is 16.4. The Morgan fingerprint density at radius 1 is 1.11 bits per heavy atom. The molecule has 3 aliphatic rings. The molecule has 3 fully saturated rings. The number of rotatable bonds is 5. The van der Waals surface area contributed by atoms with Crippen LogP contribution in [0.2, 0.25) is 0 Å². The first-order chi connectivity index (χ1) is 13.1. The van der Waals surface area contributed by atoms with Crippen LogP contribution in [0.15, 0.2) is 12.4 Å². The summed E-state index contributed by atoms with van der Waals surface area (Å²) >= 11 is 0. The predicted octanol–water partition coefficient (Wildman–Crippen LogP) is 2.84. The molecule has 1 saturated carbocycles. The van der Waals surface area contributed by atoms with Crippen molar-refractivity contribution in [1.82, 2.24) is 14.9 Å². The van der Waals surface area contributed by atoms with Gasteiger partial charge in [-0.2, -0.15) is 0 Å². The normalized spacial score (nSPS) is 27.3. The van der Waals surface area contributed by atoms with E-state index in [1.807, 2.05) is 0 Å². The van der Waals surface area contributed by atoms with Crippen molar-refractivity contribution in [2.75, 3.05) is 37.6 Å². The molecule has 6 nitrogen and oxygen atoms in total. The van der Waals surface area contributed by atoms with E-state index in [1.54, 1.807) is 6.20 Å². The number of likely N-dealkylation sites (tertiary alicyclic amines) is 1. The van der Waals surface area contributed by atoms with Crippen LogP contribution in [0.4, 0.5) is 5.82 Å². The number of carbonyl (C=O) groups excluding carboxylic acids is 1. The Morgan fingerprint density at radius 3 is 2.78 bits per heavy atom. The molecule has 1 atom stereocenters. The molecule has 2 aliphatic heterocycles. The molecule has 0 aromatic carbocycles. The van der Waals surface area contributed by atoms with Gasteiger partial charge in [0.15, 0.2) is 0 Å². The highest BCUT2D eigenvalue weighted by molar-refractivity contribution is 5.90. The van der Waals surface area contributed by atoms with E-state index in [1.165, 1.54) is 83.6 Å². The van der Waals surface area contributed by atoms with Gasteiger partial charge in [0.1, 0.15) is 11.5 Å². The van der Waals surface area contributed by atoms with Gasteiger partial charge in [-0.05, 0) is 44.7 Å². The summed E-state index contributed by atoms with van der Waals surface area (Å²) in [5.41, 5.74) is 5.99. The summed E-state index contributed by atoms with van der Waals surface area (Å²) in [5.74, 6) is 1.25. The van der Waals surface area contributed by atoms with E-state index in [-0.39, 0.29) is 5.69 Å². The lowest BCUT2D eigenvalue weighted by Gasteiger charge is -2.41. The second-order valence-electron chi connectivity index (χ2n) is 8.97. The van der Waals surface area contributed by atoms with E-state index in [9.17, 15) is 4.79 Å². The molecular weight excluding hydrogens is 338 g/mol. The lowest BCUT2D eigenvalue weighted by molar-refractivity contribution is 0.0970. The van der Waals surface area contributed by atoms with E-state index in [0.717, 1.165) is 24.8 Å². The van der Waals surface area contributed by atoms with Crippen molar-refractivity contribution in [3.8, 4) is 0 Å². The molecule has 1 spiro atoms. The fourth-order valence-corrected chi connectivity index (χ4v) is 5.43. The van der Waals surface area contributed by atoms with Crippen LogP contribution in [0.5, 0.6) is 0 Å². The lowest BCUT2D eigenvalue weighted by Crippen LogP contribution is -2.45. The second-order valence-corrected chi connectivity index (χ2v) is 8.97. The molecule has 2 saturated heterocycles. The Balaban J connectivity index is 1.34. The lowest BCUT2D eigenvalue weighted by atomic mass is 9.79. The zero-order chi connectivity index (χ0) is 18.7. The molecule has 1 aromatic heterocycles. The second kappa shape index (κ2) is 8.13. The summed E-state index contributed by atoms with van der Waals surface area (Å²) in [6, 6.07) is 0. The number of primary amides is 1. The Bertz CT molecular complexity index is 660. The molecule has 148 valence electrons. The van der Waals surface area contributed by atoms with Crippen LogP contribution in [0.1, 0.15) is 68.3 Å². The van der Waals surface area contributed by atoms with Gasteiger partial charge in [0.25, 0.3) is 5.91 Å². The number of hydrogen-bond acceptors (Lipinski definition) is 5. The van der Waals surface area contributed by atoms with Gasteiger partial charge in [0, 0.05) is 25.0 Å². The van der Waals surface area contributed by atoms with Crippen molar-refractivity contribution < 1.29 is 4.79 Å². The molecule has 1 aromatic rings. The molecule has 0 bridgehead atoms. The van der Waals surface area contributed by atoms with Gasteiger partial charge in [-0.1, -0.05) is 32.1 Å². The molecule has 27 heavy (non-hydrogen) atoms. The summed E-state index contributed by atoms with van der Waals surface area (Å²) in [7, 11) is 0. The predicted molar refractivity (Wildman–Crippen MR) is 107 cm³/mol. The van der Waals surface area contributed by atoms with Gasteiger partial charge in [0.05, 0.1) is 12.4 Å². The topological polar surface area (TPSA) is 75.4 Å². The van der Waals surface area contributed by atoms with E-state index in [0.29, 0.717) is 5.41 Å². The number of carbonyl (C=O) groups is 1. The van der Waals surface area contributed by atoms with E-state index in [4.69, 9.17) is 5.73 Å². The first-order valence-electron chi connectivity index (χ1n) is 10.7. The van der Waals surface area contributed by atoms with E-state index >= 15 is 0 Å². The van der Waals surface area contributed by atoms with Crippen molar-refractivity contribution in [2.45, 2.75) is 57.8 Å². The monoisotopic (exact) mass is 371 g/mol. The number of nitrogens with two attached hydrogens (primary N) is 1. The Morgan fingerprint density at radius 2 is 1.96 bits per heavy atom. The third-order valence-electron chi connectivity index (χ3n) is 6.96. The Labute approximate surface area is 162 Å². The van der Waals surface area contributed by atoms with Crippen LogP contribution in [-0.2, 0) is 0 Å². The third kappa shape index (κ3) is 4.42. The van der Waals surface area contributed by atoms with Gasteiger partial charge >= 0.3 is 0 Å². The molecule has 2 N–H and O–H groups in total. The highest BCUT2D eigenvalue weighted by atomic mass is 16.1. The molecule has 1 aliphatic carbocycles. The highest BCUT2D eigenvalue weighted by Crippen LogP contribution is 2.40. The number of aromatic nitrogens is 2. The van der Waals surface area contributed by atoms with Crippen molar-refractivity contribution in [2.24, 2.45) is 17.1 Å². The van der Waals surface area contributed by atoms with Gasteiger partial charge in [0.2, 0.25) is 0 Å². The molecule has 0 radical (unpaired) electrons. The third-order valence-corrected chi connectivity index (χ3v) is 6.96. The summed E-state index contributed by atoms with van der Waals surface area (Å²) in [6.07, 6.45) is 15.6. The maximum absolute atomic E-state index is 11.4. The number of anilines is 1. The molecule has 6 heteroatoms. The van der Waals surface area contributed by atoms with E-state index < -0.39 is 5.91 Å². The number of nitrogens with zero attached hydrogens (tertiary/aromatic N) is 4. The average Bonchev–Trinajstić information content (AvgIpc) is 3.10. The SMILES string of the molecule is NC(=O)c1cncc(N2CCC3(CCCN(CCC4CCCCC4)C3)C2)n1. The van der Waals surface area contributed by atoms with Crippen LogP contribution >= 0.6 is 0 Å². The number of piperidine rings is 1. The molecule has 3 heterocycles. The van der Waals surface area contributed by atoms with Gasteiger partial charge < -0.3 is 15.5 Å². The molecular formula is C21H33N5O. The average molecular weight is 372 g/mol. The summed E-state index contributed by atoms with van der Waals surface area (Å²) < 4.78 is 0. The first kappa shape index (κ1) is 18.7. The largest absolute Gasteiger partial charge is 0.364 e. The fraction of sp³-hybridized carbons (Fsp3) is 0.762. The Hall–Kier alpha value is -1.69. The highest BCUT2D eigenvalue weighted by Gasteiger charge is 2.41. The zero-order valence-corrected chi connectivity index (χ0v) is 16.4. The van der Waals surface area contributed by atoms with Crippen LogP contribution in [0, 0.1) is 11.3 Å². The van der Waals surface area contributed by atoms with Crippen molar-refractivity contribution >= 4 is 11.7 Å². The number of hydrogen-bond donors (Lipinski definition) is 1. The smallest absolute Gasteiger partial charge is 0.268 e. The molecule has 1 amide bonds. The van der Waals surface area contributed by atoms with Crippen LogP contribution < -0.4 is 10.6 Å². The fourth-order valence-electron chi connectivity index (χ4n) is 5.43. The first-order valence-corrected chi connectivity index (χ1v) is 10.7. The van der Waals surface area contributed by atoms with Gasteiger partial charge in [-0.25, -0.2) is 4.98 Å². The van der Waals surface area contributed by atoms with Crippen LogP contribution in [-0.4, -0.2) is 53.5 Å². The standard InChI is InChI=1S/C21H33N5O/c22-20(27)18-13-23-14-19(24-18)26-12-9-21(16-26)8-4-10-25(15-21)11-7-17-5-2-1-3-6-17/h13-14,17H,1-12,15-16H2,(H2,22,27). The van der Waals surface area contributed by atoms with Crippen molar-refractivity contribution in [3.63, 3.8) is 0 Å². The summed E-state index contributed by atoms with van der Waals surface area (Å²) in [4.78, 5) is 25.0. The van der Waals surface area contributed by atoms with Gasteiger partial charge in [-0.15, -0.1) is 0 Å². The minimum absolute atomic E-state index is 0.256. The molecule has 4 rings (SSSR count). The summed E-state index contributed by atoms with van der Waals surface area (Å²) in [6.45, 7) is 5.74. The maximum atomic E-state index is 11.4. The minimum atomic E-state index is -0.509. The van der Waals surface area contributed by atoms with Crippen molar-refractivity contribution in [1.29, 1.82) is 0 Å². The molecule has 1 unspecified atom stereocenters. The summed E-state index contributed by atoms with van der Waals surface area (Å²) in [5, 5.41) is 0. The van der Waals surface area contributed by atoms with Crippen molar-refractivity contribution in [3.05, 3.63) is 18.1 Å². The van der Waals surface area contributed by atoms with Gasteiger partial charge in [-0.3, -0.25) is 9.78 Å². The minimum Gasteiger partial charge on any atom is -0.364 e.